The Morgan fingerprint density at radius 1 is 0.972 bits per heavy atom. The van der Waals surface area contributed by atoms with Crippen molar-refractivity contribution in [2.75, 3.05) is 13.1 Å². The van der Waals surface area contributed by atoms with Gasteiger partial charge in [0.2, 0.25) is 0 Å². The molecule has 0 radical (unpaired) electrons. The van der Waals surface area contributed by atoms with Crippen molar-refractivity contribution in [1.82, 2.24) is 4.90 Å². The molecule has 3 heterocycles. The lowest BCUT2D eigenvalue weighted by atomic mass is 9.68. The van der Waals surface area contributed by atoms with Gasteiger partial charge in [-0.1, -0.05) is 72.8 Å². The molecule has 0 aromatic heterocycles. The molecule has 0 saturated carbocycles. The van der Waals surface area contributed by atoms with Crippen molar-refractivity contribution in [1.29, 1.82) is 0 Å². The Morgan fingerprint density at radius 3 is 2.19 bits per heavy atom. The highest BCUT2D eigenvalue weighted by Crippen LogP contribution is 2.46. The normalized spacial score (nSPS) is 25.7. The molecule has 1 N–H and O–H groups in total. The zero-order valence-corrected chi connectivity index (χ0v) is 19.6. The predicted molar refractivity (Wildman–Crippen MR) is 129 cm³/mol. The Balaban J connectivity index is 1.52. The third-order valence-electron chi connectivity index (χ3n) is 7.55. The molecule has 0 spiro atoms. The van der Waals surface area contributed by atoms with Crippen LogP contribution in [0.5, 0.6) is 0 Å². The van der Waals surface area contributed by atoms with Gasteiger partial charge in [0.15, 0.2) is 0 Å². The number of carboxylic acid groups (broad SMARTS) is 1. The monoisotopic (exact) mass is 495 g/mol. The zero-order valence-electron chi connectivity index (χ0n) is 19.6. The lowest BCUT2D eigenvalue weighted by Crippen LogP contribution is -2.65. The fraction of sp³-hybridized carbons (Fsp3) is 0.345. The van der Waals surface area contributed by atoms with Gasteiger partial charge in [-0.25, -0.2) is 0 Å². The zero-order chi connectivity index (χ0) is 25.3. The fourth-order valence-electron chi connectivity index (χ4n) is 5.94. The van der Waals surface area contributed by atoms with E-state index in [9.17, 15) is 23.1 Å². The highest BCUT2D eigenvalue weighted by atomic mass is 19.4. The van der Waals surface area contributed by atoms with Crippen molar-refractivity contribution in [2.45, 2.75) is 37.3 Å². The number of carbonyl (C=O) groups is 1. The number of fused-ring (bicyclic) bond motifs is 3. The van der Waals surface area contributed by atoms with E-state index < -0.39 is 29.7 Å². The van der Waals surface area contributed by atoms with Gasteiger partial charge >= 0.3 is 12.1 Å². The van der Waals surface area contributed by atoms with Gasteiger partial charge < -0.3 is 9.84 Å². The van der Waals surface area contributed by atoms with Crippen molar-refractivity contribution in [3.05, 3.63) is 107 Å². The van der Waals surface area contributed by atoms with E-state index in [4.69, 9.17) is 4.74 Å². The Hall–Kier alpha value is -3.16. The minimum atomic E-state index is -4.44. The van der Waals surface area contributed by atoms with Crippen LogP contribution in [0.3, 0.4) is 0 Å². The number of rotatable bonds is 7. The van der Waals surface area contributed by atoms with Gasteiger partial charge in [-0.15, -0.1) is 0 Å². The fourth-order valence-corrected chi connectivity index (χ4v) is 5.94. The van der Waals surface area contributed by atoms with Crippen molar-refractivity contribution < 1.29 is 27.8 Å². The largest absolute Gasteiger partial charge is 0.481 e. The predicted octanol–water partition coefficient (Wildman–Crippen LogP) is 5.83. The van der Waals surface area contributed by atoms with Crippen LogP contribution in [0.15, 0.2) is 84.9 Å². The molecule has 1 unspecified atom stereocenters. The smallest absolute Gasteiger partial charge is 0.416 e. The standard InChI is InChI=1S/C29H28F3NO3/c30-29(31,32)22-13-7-8-19(16-22)18-36-27-23-14-15-33(17-24(23)28(34)35)26(27)25(20-9-3-1-4-10-20)21-11-5-2-6-12-21/h1-13,16,23-27H,14-15,17-18H2,(H,34,35)/t23-,24-,26-,27+/m1/s1. The van der Waals surface area contributed by atoms with Gasteiger partial charge in [-0.2, -0.15) is 13.2 Å². The van der Waals surface area contributed by atoms with E-state index in [-0.39, 0.29) is 24.5 Å². The highest BCUT2D eigenvalue weighted by molar-refractivity contribution is 5.71. The summed E-state index contributed by atoms with van der Waals surface area (Å²) in [4.78, 5) is 14.3. The third kappa shape index (κ3) is 4.90. The molecule has 188 valence electrons. The summed E-state index contributed by atoms with van der Waals surface area (Å²) < 4.78 is 46.2. The SMILES string of the molecule is O=C(O)[C@@H]1CN2CC[C@H]1[C@H](OCc1cccc(C(F)(F)F)c1)[C@H]2C(c1ccccc1)c1ccccc1. The Bertz CT molecular complexity index is 1150. The second kappa shape index (κ2) is 10.1. The molecule has 7 heteroatoms. The summed E-state index contributed by atoms with van der Waals surface area (Å²) in [7, 11) is 0. The molecule has 0 amide bonds. The first kappa shape index (κ1) is 24.5. The van der Waals surface area contributed by atoms with Gasteiger partial charge in [0.25, 0.3) is 0 Å². The first-order chi connectivity index (χ1) is 17.3. The average molecular weight is 496 g/mol. The molecule has 3 aliphatic heterocycles. The number of benzene rings is 3. The molecule has 3 saturated heterocycles. The summed E-state index contributed by atoms with van der Waals surface area (Å²) in [6.07, 6.45) is -4.21. The molecule has 3 aliphatic rings. The van der Waals surface area contributed by atoms with E-state index in [0.29, 0.717) is 18.5 Å². The number of halogens is 3. The molecular weight excluding hydrogens is 467 g/mol. The summed E-state index contributed by atoms with van der Waals surface area (Å²) in [6, 6.07) is 25.1. The molecule has 4 nitrogen and oxygen atoms in total. The van der Waals surface area contributed by atoms with Gasteiger partial charge in [-0.05, 0) is 41.8 Å². The number of nitrogens with zero attached hydrogens (tertiary/aromatic N) is 1. The molecular formula is C29H28F3NO3. The van der Waals surface area contributed by atoms with E-state index >= 15 is 0 Å². The number of aliphatic carboxylic acids is 1. The Kier molecular flexibility index (Phi) is 6.86. The molecule has 5 atom stereocenters. The third-order valence-corrected chi connectivity index (χ3v) is 7.55. The maximum absolute atomic E-state index is 13.3. The van der Waals surface area contributed by atoms with Crippen molar-refractivity contribution in [3.8, 4) is 0 Å². The van der Waals surface area contributed by atoms with Crippen LogP contribution < -0.4 is 0 Å². The maximum atomic E-state index is 13.3. The van der Waals surface area contributed by atoms with Crippen LogP contribution in [-0.2, 0) is 22.3 Å². The van der Waals surface area contributed by atoms with Crippen LogP contribution in [-0.4, -0.2) is 41.2 Å². The topological polar surface area (TPSA) is 49.8 Å². The van der Waals surface area contributed by atoms with Crippen molar-refractivity contribution in [2.24, 2.45) is 11.8 Å². The molecule has 3 fully saturated rings. The van der Waals surface area contributed by atoms with Crippen LogP contribution in [0.2, 0.25) is 0 Å². The molecule has 36 heavy (non-hydrogen) atoms. The summed E-state index contributed by atoms with van der Waals surface area (Å²) in [5.74, 6) is -1.73. The van der Waals surface area contributed by atoms with Gasteiger partial charge in [0.1, 0.15) is 0 Å². The number of ether oxygens (including phenoxy) is 1. The van der Waals surface area contributed by atoms with Crippen LogP contribution in [0.4, 0.5) is 13.2 Å². The van der Waals surface area contributed by atoms with Crippen LogP contribution in [0, 0.1) is 11.8 Å². The first-order valence-corrected chi connectivity index (χ1v) is 12.2. The van der Waals surface area contributed by atoms with Crippen molar-refractivity contribution in [3.63, 3.8) is 0 Å². The minimum Gasteiger partial charge on any atom is -0.481 e. The molecule has 0 aliphatic carbocycles. The van der Waals surface area contributed by atoms with Gasteiger partial charge in [0, 0.05) is 24.4 Å². The summed E-state index contributed by atoms with van der Waals surface area (Å²) >= 11 is 0. The Labute approximate surface area is 208 Å². The number of piperidine rings is 3. The number of hydrogen-bond acceptors (Lipinski definition) is 3. The van der Waals surface area contributed by atoms with E-state index in [0.717, 1.165) is 29.8 Å². The lowest BCUT2D eigenvalue weighted by molar-refractivity contribution is -0.172. The van der Waals surface area contributed by atoms with Crippen LogP contribution in [0.25, 0.3) is 0 Å². The quantitative estimate of drug-likeness (QED) is 0.448. The Morgan fingerprint density at radius 2 is 1.61 bits per heavy atom. The summed E-state index contributed by atoms with van der Waals surface area (Å²) in [5.41, 5.74) is 1.90. The van der Waals surface area contributed by atoms with Crippen LogP contribution in [0.1, 0.15) is 34.6 Å². The van der Waals surface area contributed by atoms with E-state index in [2.05, 4.69) is 29.2 Å². The molecule has 6 rings (SSSR count). The number of alkyl halides is 3. The van der Waals surface area contributed by atoms with Crippen LogP contribution >= 0.6 is 0 Å². The second-order valence-electron chi connectivity index (χ2n) is 9.66. The van der Waals surface area contributed by atoms with Crippen molar-refractivity contribution >= 4 is 5.97 Å². The molecule has 3 aromatic rings. The second-order valence-corrected chi connectivity index (χ2v) is 9.66. The molecule has 2 bridgehead atoms. The van der Waals surface area contributed by atoms with E-state index in [1.807, 2.05) is 36.4 Å². The van der Waals surface area contributed by atoms with Gasteiger partial charge in [-0.3, -0.25) is 9.69 Å². The van der Waals surface area contributed by atoms with E-state index in [1.165, 1.54) is 6.07 Å². The summed E-state index contributed by atoms with van der Waals surface area (Å²) in [6.45, 7) is 1.18. The molecule has 3 aromatic carbocycles. The maximum Gasteiger partial charge on any atom is 0.416 e. The average Bonchev–Trinajstić information content (AvgIpc) is 2.89. The summed E-state index contributed by atoms with van der Waals surface area (Å²) in [5, 5.41) is 9.94. The lowest BCUT2D eigenvalue weighted by Gasteiger charge is -2.55. The first-order valence-electron chi connectivity index (χ1n) is 12.2. The van der Waals surface area contributed by atoms with Gasteiger partial charge in [0.05, 0.1) is 24.2 Å². The highest BCUT2D eigenvalue weighted by Gasteiger charge is 2.53. The number of carboxylic acids is 1. The minimum absolute atomic E-state index is 0.0158. The number of hydrogen-bond donors (Lipinski definition) is 1. The van der Waals surface area contributed by atoms with E-state index in [1.54, 1.807) is 6.07 Å².